The van der Waals surface area contributed by atoms with Crippen LogP contribution in [0.5, 0.6) is 0 Å². The fourth-order valence-corrected chi connectivity index (χ4v) is 3.13. The van der Waals surface area contributed by atoms with E-state index in [4.69, 9.17) is 0 Å². The molecule has 24 heavy (non-hydrogen) atoms. The third-order valence-corrected chi connectivity index (χ3v) is 4.72. The van der Waals surface area contributed by atoms with Crippen LogP contribution in [0.25, 0.3) is 0 Å². The molecule has 140 valence electrons. The zero-order valence-corrected chi connectivity index (χ0v) is 16.6. The van der Waals surface area contributed by atoms with Gasteiger partial charge in [0.25, 0.3) is 0 Å². The van der Waals surface area contributed by atoms with Crippen LogP contribution in [-0.4, -0.2) is 0 Å². The summed E-state index contributed by atoms with van der Waals surface area (Å²) in [5, 5.41) is 0. The van der Waals surface area contributed by atoms with E-state index in [-0.39, 0.29) is 0 Å². The van der Waals surface area contributed by atoms with E-state index in [1.807, 2.05) is 12.2 Å². The molecule has 0 aliphatic carbocycles. The Morgan fingerprint density at radius 2 is 0.917 bits per heavy atom. The van der Waals surface area contributed by atoms with Gasteiger partial charge in [0, 0.05) is 0 Å². The van der Waals surface area contributed by atoms with Crippen LogP contribution < -0.4 is 0 Å². The second kappa shape index (κ2) is 22.2. The molecule has 0 saturated heterocycles. The van der Waals surface area contributed by atoms with E-state index in [0.717, 1.165) is 0 Å². The predicted molar refractivity (Wildman–Crippen MR) is 113 cm³/mol. The number of rotatable bonds is 19. The molecule has 0 radical (unpaired) electrons. The van der Waals surface area contributed by atoms with Gasteiger partial charge in [0.05, 0.1) is 0 Å². The van der Waals surface area contributed by atoms with Crippen molar-refractivity contribution in [2.75, 3.05) is 0 Å². The molecule has 0 aromatic carbocycles. The summed E-state index contributed by atoms with van der Waals surface area (Å²) in [5.41, 5.74) is 0. The summed E-state index contributed by atoms with van der Waals surface area (Å²) in [4.78, 5) is 0. The fourth-order valence-electron chi connectivity index (χ4n) is 3.13. The largest absolute Gasteiger partial charge is 0.0991 e. The Labute approximate surface area is 153 Å². The lowest BCUT2D eigenvalue weighted by molar-refractivity contribution is 0.530. The molecule has 0 saturated carbocycles. The van der Waals surface area contributed by atoms with Gasteiger partial charge >= 0.3 is 0 Å². The average Bonchev–Trinajstić information content (AvgIpc) is 2.60. The van der Waals surface area contributed by atoms with Crippen molar-refractivity contribution in [3.63, 3.8) is 0 Å². The summed E-state index contributed by atoms with van der Waals surface area (Å²) in [5.74, 6) is 0. The van der Waals surface area contributed by atoms with Gasteiger partial charge in [0.15, 0.2) is 0 Å². The molecule has 0 spiro atoms. The first-order valence-corrected chi connectivity index (χ1v) is 10.9. The summed E-state index contributed by atoms with van der Waals surface area (Å²) in [6, 6.07) is 0. The molecule has 0 fully saturated rings. The number of hydrogen-bond donors (Lipinski definition) is 0. The maximum absolute atomic E-state index is 3.66. The van der Waals surface area contributed by atoms with Crippen molar-refractivity contribution in [2.24, 2.45) is 0 Å². The zero-order chi connectivity index (χ0) is 17.6. The molecule has 0 heterocycles. The lowest BCUT2D eigenvalue weighted by Crippen LogP contribution is -1.83. The van der Waals surface area contributed by atoms with Crippen LogP contribution in [0, 0.1) is 0 Å². The molecule has 0 aliphatic rings. The lowest BCUT2D eigenvalue weighted by Gasteiger charge is -2.03. The Kier molecular flexibility index (Phi) is 21.5. The second-order valence-corrected chi connectivity index (χ2v) is 7.14. The molecule has 0 aromatic heterocycles. The Morgan fingerprint density at radius 1 is 0.500 bits per heavy atom. The number of unbranched alkanes of at least 4 members (excludes halogenated alkanes) is 16. The van der Waals surface area contributed by atoms with E-state index in [1.54, 1.807) is 0 Å². The SMILES string of the molecule is C=C/C=C/C=C/CCCCCCCCCCCCCCCCCC. The molecule has 0 bridgehead atoms. The third kappa shape index (κ3) is 21.2. The quantitative estimate of drug-likeness (QED) is 0.163. The van der Waals surface area contributed by atoms with Gasteiger partial charge < -0.3 is 0 Å². The van der Waals surface area contributed by atoms with Gasteiger partial charge in [-0.25, -0.2) is 0 Å². The van der Waals surface area contributed by atoms with Crippen molar-refractivity contribution in [1.29, 1.82) is 0 Å². The predicted octanol–water partition coefficient (Wildman–Crippen LogP) is 8.94. The first-order valence-electron chi connectivity index (χ1n) is 10.9. The molecule has 0 aromatic rings. The first-order chi connectivity index (χ1) is 11.9. The normalized spacial score (nSPS) is 11.7. The Hall–Kier alpha value is -0.780. The molecule has 0 heteroatoms. The van der Waals surface area contributed by atoms with Crippen LogP contribution in [0.1, 0.15) is 116 Å². The molecule has 0 atom stereocenters. The van der Waals surface area contributed by atoms with Gasteiger partial charge in [-0.2, -0.15) is 0 Å². The van der Waals surface area contributed by atoms with E-state index >= 15 is 0 Å². The van der Waals surface area contributed by atoms with Crippen molar-refractivity contribution in [3.05, 3.63) is 37.0 Å². The molecule has 0 unspecified atom stereocenters. The summed E-state index contributed by atoms with van der Waals surface area (Å²) >= 11 is 0. The van der Waals surface area contributed by atoms with E-state index < -0.39 is 0 Å². The number of hydrogen-bond acceptors (Lipinski definition) is 0. The minimum atomic E-state index is 1.22. The highest BCUT2D eigenvalue weighted by Crippen LogP contribution is 2.14. The fraction of sp³-hybridized carbons (Fsp3) is 0.750. The second-order valence-electron chi connectivity index (χ2n) is 7.14. The third-order valence-electron chi connectivity index (χ3n) is 4.72. The molecular weight excluding hydrogens is 288 g/mol. The van der Waals surface area contributed by atoms with E-state index in [9.17, 15) is 0 Å². The Balaban J connectivity index is 3.04. The Bertz CT molecular complexity index is 284. The maximum Gasteiger partial charge on any atom is -0.0348 e. The van der Waals surface area contributed by atoms with Gasteiger partial charge in [0.2, 0.25) is 0 Å². The lowest BCUT2D eigenvalue weighted by atomic mass is 10.0. The van der Waals surface area contributed by atoms with Crippen LogP contribution in [0.2, 0.25) is 0 Å². The van der Waals surface area contributed by atoms with Crippen molar-refractivity contribution in [1.82, 2.24) is 0 Å². The molecule has 0 nitrogen and oxygen atoms in total. The Morgan fingerprint density at radius 3 is 1.33 bits per heavy atom. The first kappa shape index (κ1) is 23.2. The standard InChI is InChI=1S/C24H44/c1-3-5-7-9-11-13-15-17-19-21-23-24-22-20-18-16-14-12-10-8-6-4-2/h3,5,7,9,11H,1,4,6,8,10,12-24H2,2H3/b7-5+,11-9+. The smallest absolute Gasteiger partial charge is 0.0348 e. The molecule has 0 aliphatic heterocycles. The molecule has 0 amide bonds. The summed E-state index contributed by atoms with van der Waals surface area (Å²) in [7, 11) is 0. The highest BCUT2D eigenvalue weighted by atomic mass is 14.0. The van der Waals surface area contributed by atoms with E-state index in [0.29, 0.717) is 0 Å². The number of allylic oxidation sites excluding steroid dienone is 5. The van der Waals surface area contributed by atoms with Crippen LogP contribution in [0.15, 0.2) is 37.0 Å². The van der Waals surface area contributed by atoms with Crippen molar-refractivity contribution < 1.29 is 0 Å². The van der Waals surface area contributed by atoms with Crippen LogP contribution >= 0.6 is 0 Å². The van der Waals surface area contributed by atoms with Gasteiger partial charge in [-0.3, -0.25) is 0 Å². The van der Waals surface area contributed by atoms with Gasteiger partial charge in [0.1, 0.15) is 0 Å². The minimum absolute atomic E-state index is 1.22. The monoisotopic (exact) mass is 332 g/mol. The molecule has 0 N–H and O–H groups in total. The summed E-state index contributed by atoms with van der Waals surface area (Å²) in [6.45, 7) is 5.95. The van der Waals surface area contributed by atoms with Gasteiger partial charge in [-0.15, -0.1) is 0 Å². The van der Waals surface area contributed by atoms with Crippen LogP contribution in [0.3, 0.4) is 0 Å². The summed E-state index contributed by atoms with van der Waals surface area (Å²) < 4.78 is 0. The average molecular weight is 333 g/mol. The molecular formula is C24H44. The maximum atomic E-state index is 3.66. The van der Waals surface area contributed by atoms with E-state index in [2.05, 4.69) is 31.7 Å². The van der Waals surface area contributed by atoms with Crippen molar-refractivity contribution >= 4 is 0 Å². The topological polar surface area (TPSA) is 0 Å². The van der Waals surface area contributed by atoms with Gasteiger partial charge in [-0.1, -0.05) is 140 Å². The van der Waals surface area contributed by atoms with Gasteiger partial charge in [-0.05, 0) is 12.8 Å². The highest BCUT2D eigenvalue weighted by Gasteiger charge is 1.94. The van der Waals surface area contributed by atoms with Crippen LogP contribution in [0.4, 0.5) is 0 Å². The molecule has 0 rings (SSSR count). The van der Waals surface area contributed by atoms with Crippen molar-refractivity contribution in [2.45, 2.75) is 116 Å². The zero-order valence-electron chi connectivity index (χ0n) is 16.6. The highest BCUT2D eigenvalue weighted by molar-refractivity contribution is 5.08. The minimum Gasteiger partial charge on any atom is -0.0991 e. The van der Waals surface area contributed by atoms with Crippen LogP contribution in [-0.2, 0) is 0 Å². The van der Waals surface area contributed by atoms with E-state index in [1.165, 1.54) is 109 Å². The van der Waals surface area contributed by atoms with Crippen molar-refractivity contribution in [3.8, 4) is 0 Å². The summed E-state index contributed by atoms with van der Waals surface area (Å²) in [6.07, 6.45) is 34.5.